The van der Waals surface area contributed by atoms with Crippen LogP contribution in [-0.2, 0) is 17.7 Å². The van der Waals surface area contributed by atoms with E-state index in [0.717, 1.165) is 73.9 Å². The van der Waals surface area contributed by atoms with Crippen molar-refractivity contribution in [1.29, 1.82) is 0 Å². The molecule has 2 fully saturated rings. The topological polar surface area (TPSA) is 101 Å². The van der Waals surface area contributed by atoms with Gasteiger partial charge in [0.1, 0.15) is 5.82 Å². The van der Waals surface area contributed by atoms with Crippen LogP contribution in [0, 0.1) is 12.0 Å². The Morgan fingerprint density at radius 3 is 2.85 bits per heavy atom. The van der Waals surface area contributed by atoms with Crippen molar-refractivity contribution in [2.75, 3.05) is 36.0 Å². The first-order valence-corrected chi connectivity index (χ1v) is 11.6. The standard InChI is InChI=1S/C24H28N8O/c1-15-21(25)24(14-33-15)7-10-31(11-8-24)19-12-27-20-22(28-19)29-30-23(20)32-9-6-16-4-3-5-18(26-2)17(16)13-32/h3-5,12,15,21H,6-11,13-14,25H2,1H3,(H,28,29,30)/t15-,21+/m0/s1. The van der Waals surface area contributed by atoms with Crippen molar-refractivity contribution >= 4 is 28.5 Å². The number of hydrogen-bond acceptors (Lipinski definition) is 7. The molecule has 3 aromatic rings. The van der Waals surface area contributed by atoms with E-state index in [1.165, 1.54) is 5.56 Å². The number of hydrogen-bond donors (Lipinski definition) is 2. The molecule has 3 N–H and O–H groups in total. The molecule has 3 aliphatic rings. The molecule has 3 aliphatic heterocycles. The van der Waals surface area contributed by atoms with E-state index >= 15 is 0 Å². The minimum Gasteiger partial charge on any atom is -0.376 e. The quantitative estimate of drug-likeness (QED) is 0.586. The smallest absolute Gasteiger partial charge is 0.192 e. The number of rotatable bonds is 2. The van der Waals surface area contributed by atoms with Gasteiger partial charge in [0.2, 0.25) is 0 Å². The molecule has 0 saturated carbocycles. The Balaban J connectivity index is 1.22. The predicted octanol–water partition coefficient (Wildman–Crippen LogP) is 2.80. The minimum absolute atomic E-state index is 0.0867. The third kappa shape index (κ3) is 3.24. The highest BCUT2D eigenvalue weighted by molar-refractivity contribution is 5.84. The van der Waals surface area contributed by atoms with Gasteiger partial charge in [0.25, 0.3) is 0 Å². The number of nitrogens with one attached hydrogen (secondary N) is 1. The summed E-state index contributed by atoms with van der Waals surface area (Å²) in [6.07, 6.45) is 4.88. The Morgan fingerprint density at radius 2 is 2.09 bits per heavy atom. The Kier molecular flexibility index (Phi) is 4.75. The zero-order chi connectivity index (χ0) is 22.6. The highest BCUT2D eigenvalue weighted by Gasteiger charge is 2.47. The minimum atomic E-state index is 0.0867. The van der Waals surface area contributed by atoms with E-state index in [-0.39, 0.29) is 17.6 Å². The van der Waals surface area contributed by atoms with Crippen LogP contribution >= 0.6 is 0 Å². The van der Waals surface area contributed by atoms with Crippen LogP contribution in [0.3, 0.4) is 0 Å². The highest BCUT2D eigenvalue weighted by atomic mass is 16.5. The summed E-state index contributed by atoms with van der Waals surface area (Å²) in [5.41, 5.74) is 11.1. The summed E-state index contributed by atoms with van der Waals surface area (Å²) in [4.78, 5) is 17.8. The van der Waals surface area contributed by atoms with Gasteiger partial charge in [-0.25, -0.2) is 14.8 Å². The van der Waals surface area contributed by atoms with E-state index < -0.39 is 0 Å². The highest BCUT2D eigenvalue weighted by Crippen LogP contribution is 2.42. The Bertz CT molecular complexity index is 1240. The predicted molar refractivity (Wildman–Crippen MR) is 126 cm³/mol. The second-order valence-electron chi connectivity index (χ2n) is 9.56. The van der Waals surface area contributed by atoms with Crippen LogP contribution in [0.15, 0.2) is 24.4 Å². The molecule has 0 aliphatic carbocycles. The lowest BCUT2D eigenvalue weighted by Crippen LogP contribution is -2.50. The molecule has 0 radical (unpaired) electrons. The van der Waals surface area contributed by atoms with Crippen LogP contribution in [0.4, 0.5) is 17.3 Å². The van der Waals surface area contributed by atoms with E-state index in [0.29, 0.717) is 12.2 Å². The van der Waals surface area contributed by atoms with Crippen LogP contribution < -0.4 is 15.5 Å². The van der Waals surface area contributed by atoms with Crippen LogP contribution in [0.1, 0.15) is 30.9 Å². The van der Waals surface area contributed by atoms with Crippen LogP contribution in [0.2, 0.25) is 0 Å². The first-order chi connectivity index (χ1) is 16.1. The average molecular weight is 445 g/mol. The van der Waals surface area contributed by atoms with Crippen LogP contribution in [-0.4, -0.2) is 58.6 Å². The third-order valence-electron chi connectivity index (χ3n) is 7.84. The summed E-state index contributed by atoms with van der Waals surface area (Å²) in [5, 5.41) is 7.64. The lowest BCUT2D eigenvalue weighted by molar-refractivity contribution is 0.0974. The van der Waals surface area contributed by atoms with Gasteiger partial charge in [-0.05, 0) is 31.7 Å². The summed E-state index contributed by atoms with van der Waals surface area (Å²) >= 11 is 0. The molecule has 0 amide bonds. The Labute approximate surface area is 192 Å². The fourth-order valence-corrected chi connectivity index (χ4v) is 5.66. The third-order valence-corrected chi connectivity index (χ3v) is 7.84. The second kappa shape index (κ2) is 7.68. The molecule has 5 heterocycles. The van der Waals surface area contributed by atoms with E-state index in [1.807, 2.05) is 18.3 Å². The number of nitrogens with two attached hydrogens (primary N) is 1. The summed E-state index contributed by atoms with van der Waals surface area (Å²) in [6.45, 7) is 13.6. The lowest BCUT2D eigenvalue weighted by Gasteiger charge is -2.41. The van der Waals surface area contributed by atoms with E-state index in [9.17, 15) is 0 Å². The number of ether oxygens (including phenoxy) is 1. The average Bonchev–Trinajstić information content (AvgIpc) is 3.40. The van der Waals surface area contributed by atoms with Crippen LogP contribution in [0.5, 0.6) is 0 Å². The molecular formula is C24H28N8O. The number of benzene rings is 1. The zero-order valence-corrected chi connectivity index (χ0v) is 18.8. The molecule has 9 nitrogen and oxygen atoms in total. The van der Waals surface area contributed by atoms with Gasteiger partial charge < -0.3 is 20.3 Å². The molecule has 2 saturated heterocycles. The molecule has 170 valence electrons. The number of anilines is 2. The fraction of sp³-hybridized carbons (Fsp3) is 0.500. The molecule has 33 heavy (non-hydrogen) atoms. The summed E-state index contributed by atoms with van der Waals surface area (Å²) < 4.78 is 5.85. The van der Waals surface area contributed by atoms with Gasteiger partial charge in [0.05, 0.1) is 25.5 Å². The summed E-state index contributed by atoms with van der Waals surface area (Å²) in [5.74, 6) is 1.67. The fourth-order valence-electron chi connectivity index (χ4n) is 5.66. The maximum Gasteiger partial charge on any atom is 0.192 e. The van der Waals surface area contributed by atoms with Crippen molar-refractivity contribution in [2.24, 2.45) is 11.1 Å². The van der Waals surface area contributed by atoms with E-state index in [1.54, 1.807) is 0 Å². The molecular weight excluding hydrogens is 416 g/mol. The van der Waals surface area contributed by atoms with Crippen molar-refractivity contribution in [3.63, 3.8) is 0 Å². The van der Waals surface area contributed by atoms with Gasteiger partial charge in [-0.1, -0.05) is 23.8 Å². The molecule has 9 heteroatoms. The Morgan fingerprint density at radius 1 is 1.24 bits per heavy atom. The molecule has 1 spiro atoms. The summed E-state index contributed by atoms with van der Waals surface area (Å²) in [7, 11) is 0. The van der Waals surface area contributed by atoms with Gasteiger partial charge in [-0.3, -0.25) is 5.10 Å². The monoisotopic (exact) mass is 444 g/mol. The lowest BCUT2D eigenvalue weighted by atomic mass is 9.73. The molecule has 2 aromatic heterocycles. The van der Waals surface area contributed by atoms with Gasteiger partial charge in [0.15, 0.2) is 22.7 Å². The Hall–Kier alpha value is -3.22. The molecule has 1 aromatic carbocycles. The molecule has 2 atom stereocenters. The number of nitrogens with zero attached hydrogens (tertiary/aromatic N) is 6. The van der Waals surface area contributed by atoms with Gasteiger partial charge in [-0.2, -0.15) is 5.10 Å². The first kappa shape index (κ1) is 20.4. The van der Waals surface area contributed by atoms with Gasteiger partial charge in [0, 0.05) is 37.6 Å². The number of piperidine rings is 1. The van der Waals surface area contributed by atoms with Crippen molar-refractivity contribution < 1.29 is 4.74 Å². The zero-order valence-electron chi connectivity index (χ0n) is 18.8. The number of aromatic amines is 1. The number of aromatic nitrogens is 4. The number of fused-ring (bicyclic) bond motifs is 2. The summed E-state index contributed by atoms with van der Waals surface area (Å²) in [6, 6.07) is 6.07. The van der Waals surface area contributed by atoms with Crippen molar-refractivity contribution in [2.45, 2.75) is 44.9 Å². The SMILES string of the molecule is [C-]#[N+]c1cccc2c1CN(c1n[nH]c3nc(N4CCC5(CC4)CO[C@@H](C)[C@H]5N)cnc13)CC2. The molecule has 0 bridgehead atoms. The van der Waals surface area contributed by atoms with Gasteiger partial charge >= 0.3 is 0 Å². The van der Waals surface area contributed by atoms with E-state index in [2.05, 4.69) is 37.8 Å². The second-order valence-corrected chi connectivity index (χ2v) is 9.56. The van der Waals surface area contributed by atoms with Crippen molar-refractivity contribution in [1.82, 2.24) is 20.2 Å². The van der Waals surface area contributed by atoms with Crippen molar-refractivity contribution in [3.8, 4) is 0 Å². The largest absolute Gasteiger partial charge is 0.376 e. The van der Waals surface area contributed by atoms with Crippen LogP contribution in [0.25, 0.3) is 16.0 Å². The van der Waals surface area contributed by atoms with Gasteiger partial charge in [-0.15, -0.1) is 0 Å². The maximum absolute atomic E-state index is 7.49. The van der Waals surface area contributed by atoms with Crippen molar-refractivity contribution in [3.05, 3.63) is 46.9 Å². The maximum atomic E-state index is 7.49. The molecule has 6 rings (SSSR count). The molecule has 0 unspecified atom stereocenters. The number of H-pyrrole nitrogens is 1. The van der Waals surface area contributed by atoms with E-state index in [4.69, 9.17) is 27.0 Å². The first-order valence-electron chi connectivity index (χ1n) is 11.6. The normalized spacial score (nSPS) is 24.3.